The van der Waals surface area contributed by atoms with Crippen LogP contribution in [0.5, 0.6) is 0 Å². The minimum absolute atomic E-state index is 0.263. The van der Waals surface area contributed by atoms with Crippen LogP contribution in [0.4, 0.5) is 4.39 Å². The van der Waals surface area contributed by atoms with Crippen molar-refractivity contribution in [3.05, 3.63) is 35.9 Å². The first-order valence-corrected chi connectivity index (χ1v) is 6.69. The molecule has 0 radical (unpaired) electrons. The molecule has 0 bridgehead atoms. The van der Waals surface area contributed by atoms with Crippen molar-refractivity contribution in [3.63, 3.8) is 0 Å². The molecule has 0 spiro atoms. The van der Waals surface area contributed by atoms with Gasteiger partial charge in [0.1, 0.15) is 5.82 Å². The predicted molar refractivity (Wildman–Crippen MR) is 70.2 cm³/mol. The highest BCUT2D eigenvalue weighted by Crippen LogP contribution is 2.24. The van der Waals surface area contributed by atoms with Gasteiger partial charge in [0.05, 0.1) is 18.8 Å². The Hall–Kier alpha value is -1.79. The van der Waals surface area contributed by atoms with Crippen molar-refractivity contribution in [2.24, 2.45) is 5.73 Å². The molecule has 0 aliphatic heterocycles. The van der Waals surface area contributed by atoms with Crippen LogP contribution >= 0.6 is 0 Å². The molecule has 0 amide bonds. The van der Waals surface area contributed by atoms with E-state index in [2.05, 4.69) is 10.1 Å². The number of halogens is 1. The van der Waals surface area contributed by atoms with Crippen LogP contribution in [0.1, 0.15) is 31.1 Å². The maximum atomic E-state index is 13.1. The molecule has 1 fully saturated rings. The van der Waals surface area contributed by atoms with Gasteiger partial charge in [-0.05, 0) is 37.5 Å². The highest BCUT2D eigenvalue weighted by atomic mass is 19.1. The molecule has 1 heterocycles. The molecule has 1 aliphatic carbocycles. The van der Waals surface area contributed by atoms with Crippen LogP contribution in [0.15, 0.2) is 28.8 Å². The zero-order valence-electron chi connectivity index (χ0n) is 11.0. The third-order valence-corrected chi connectivity index (χ3v) is 3.41. The smallest absolute Gasteiger partial charge is 0.258 e. The number of aromatic nitrogens is 2. The van der Waals surface area contributed by atoms with Gasteiger partial charge in [0, 0.05) is 5.56 Å². The Morgan fingerprint density at radius 2 is 2.30 bits per heavy atom. The maximum absolute atomic E-state index is 13.1. The van der Waals surface area contributed by atoms with Crippen LogP contribution in [-0.4, -0.2) is 22.9 Å². The van der Waals surface area contributed by atoms with Crippen LogP contribution in [0.25, 0.3) is 11.5 Å². The summed E-state index contributed by atoms with van der Waals surface area (Å²) in [6, 6.07) is 5.57. The Morgan fingerprint density at radius 3 is 3.00 bits per heavy atom. The second-order valence-electron chi connectivity index (χ2n) is 4.96. The predicted octanol–water partition coefficient (Wildman–Crippen LogP) is 2.44. The van der Waals surface area contributed by atoms with Crippen molar-refractivity contribution in [3.8, 4) is 11.5 Å². The summed E-state index contributed by atoms with van der Waals surface area (Å²) in [6.45, 7) is 0.368. The topological polar surface area (TPSA) is 74.2 Å². The van der Waals surface area contributed by atoms with Crippen molar-refractivity contribution in [2.75, 3.05) is 6.61 Å². The van der Waals surface area contributed by atoms with Crippen LogP contribution in [-0.2, 0) is 4.74 Å². The molecular formula is C14H16FN3O2. The molecule has 1 atom stereocenters. The van der Waals surface area contributed by atoms with Gasteiger partial charge >= 0.3 is 0 Å². The quantitative estimate of drug-likeness (QED) is 0.908. The molecule has 1 unspecified atom stereocenters. The third-order valence-electron chi connectivity index (χ3n) is 3.41. The average molecular weight is 277 g/mol. The Morgan fingerprint density at radius 1 is 1.45 bits per heavy atom. The summed E-state index contributed by atoms with van der Waals surface area (Å²) < 4.78 is 23.9. The van der Waals surface area contributed by atoms with Crippen molar-refractivity contribution in [2.45, 2.75) is 31.4 Å². The molecule has 6 heteroatoms. The van der Waals surface area contributed by atoms with Gasteiger partial charge in [0.25, 0.3) is 5.89 Å². The fourth-order valence-electron chi connectivity index (χ4n) is 1.98. The van der Waals surface area contributed by atoms with Gasteiger partial charge in [-0.15, -0.1) is 0 Å². The summed E-state index contributed by atoms with van der Waals surface area (Å²) in [7, 11) is 0. The molecule has 20 heavy (non-hydrogen) atoms. The molecule has 106 valence electrons. The molecule has 1 aromatic carbocycles. The van der Waals surface area contributed by atoms with Gasteiger partial charge in [-0.2, -0.15) is 4.98 Å². The van der Waals surface area contributed by atoms with E-state index in [-0.39, 0.29) is 11.7 Å². The molecule has 5 nitrogen and oxygen atoms in total. The first-order chi connectivity index (χ1) is 9.72. The van der Waals surface area contributed by atoms with Gasteiger partial charge in [0.2, 0.25) is 0 Å². The highest BCUT2D eigenvalue weighted by molar-refractivity contribution is 5.52. The van der Waals surface area contributed by atoms with E-state index < -0.39 is 6.04 Å². The second kappa shape index (κ2) is 5.68. The van der Waals surface area contributed by atoms with E-state index in [9.17, 15) is 4.39 Å². The number of nitrogens with zero attached hydrogens (tertiary/aromatic N) is 2. The minimum atomic E-state index is -0.429. The lowest BCUT2D eigenvalue weighted by Gasteiger charge is -2.26. The SMILES string of the molecule is NC(COC1CCC1)c1noc(-c2cccc(F)c2)n1. The lowest BCUT2D eigenvalue weighted by molar-refractivity contribution is -0.00549. The molecule has 1 aliphatic rings. The van der Waals surface area contributed by atoms with Crippen LogP contribution in [0, 0.1) is 5.82 Å². The fourth-order valence-corrected chi connectivity index (χ4v) is 1.98. The number of hydrogen-bond acceptors (Lipinski definition) is 5. The zero-order valence-corrected chi connectivity index (χ0v) is 11.0. The molecular weight excluding hydrogens is 261 g/mol. The average Bonchev–Trinajstić information content (AvgIpc) is 2.86. The number of benzene rings is 1. The minimum Gasteiger partial charge on any atom is -0.376 e. The second-order valence-corrected chi connectivity index (χ2v) is 4.96. The first-order valence-electron chi connectivity index (χ1n) is 6.69. The maximum Gasteiger partial charge on any atom is 0.258 e. The van der Waals surface area contributed by atoms with Gasteiger partial charge in [-0.3, -0.25) is 0 Å². The molecule has 0 saturated heterocycles. The van der Waals surface area contributed by atoms with Gasteiger partial charge in [-0.1, -0.05) is 11.2 Å². The molecule has 2 aromatic rings. The first kappa shape index (κ1) is 13.2. The monoisotopic (exact) mass is 277 g/mol. The van der Waals surface area contributed by atoms with E-state index in [1.807, 2.05) is 0 Å². The third kappa shape index (κ3) is 2.86. The summed E-state index contributed by atoms with van der Waals surface area (Å²) in [5.41, 5.74) is 6.50. The van der Waals surface area contributed by atoms with E-state index in [1.54, 1.807) is 12.1 Å². The lowest BCUT2D eigenvalue weighted by Crippen LogP contribution is -2.27. The van der Waals surface area contributed by atoms with E-state index in [1.165, 1.54) is 18.6 Å². The van der Waals surface area contributed by atoms with Crippen molar-refractivity contribution in [1.82, 2.24) is 10.1 Å². The van der Waals surface area contributed by atoms with Crippen LogP contribution in [0.2, 0.25) is 0 Å². The molecule has 2 N–H and O–H groups in total. The van der Waals surface area contributed by atoms with Crippen molar-refractivity contribution in [1.29, 1.82) is 0 Å². The van der Waals surface area contributed by atoms with E-state index >= 15 is 0 Å². The Balaban J connectivity index is 1.66. The van der Waals surface area contributed by atoms with Gasteiger partial charge < -0.3 is 15.0 Å². The number of nitrogens with two attached hydrogens (primary N) is 1. The van der Waals surface area contributed by atoms with Crippen LogP contribution < -0.4 is 5.73 Å². The van der Waals surface area contributed by atoms with Crippen molar-refractivity contribution >= 4 is 0 Å². The summed E-state index contributed by atoms with van der Waals surface area (Å²) in [6.07, 6.45) is 3.71. The standard InChI is InChI=1S/C14H16FN3O2/c15-10-4-1-3-9(7-10)14-17-13(18-20-14)12(16)8-19-11-5-2-6-11/h1,3-4,7,11-12H,2,5-6,8,16H2. The lowest BCUT2D eigenvalue weighted by atomic mass is 9.96. The molecule has 1 saturated carbocycles. The highest BCUT2D eigenvalue weighted by Gasteiger charge is 2.21. The summed E-state index contributed by atoms with van der Waals surface area (Å²) in [5.74, 6) is 0.294. The van der Waals surface area contributed by atoms with E-state index in [0.29, 0.717) is 24.1 Å². The summed E-state index contributed by atoms with van der Waals surface area (Å²) >= 11 is 0. The largest absolute Gasteiger partial charge is 0.376 e. The normalized spacial score (nSPS) is 16.9. The van der Waals surface area contributed by atoms with E-state index in [0.717, 1.165) is 12.8 Å². The van der Waals surface area contributed by atoms with Crippen LogP contribution in [0.3, 0.4) is 0 Å². The number of rotatable bonds is 5. The van der Waals surface area contributed by atoms with Gasteiger partial charge in [0.15, 0.2) is 5.82 Å². The summed E-state index contributed by atoms with van der Waals surface area (Å²) in [5, 5.41) is 3.83. The van der Waals surface area contributed by atoms with Crippen molar-refractivity contribution < 1.29 is 13.7 Å². The molecule has 1 aromatic heterocycles. The zero-order chi connectivity index (χ0) is 13.9. The molecule has 3 rings (SSSR count). The Labute approximate surface area is 115 Å². The Bertz CT molecular complexity index is 583. The Kier molecular flexibility index (Phi) is 3.75. The van der Waals surface area contributed by atoms with Gasteiger partial charge in [-0.25, -0.2) is 4.39 Å². The summed E-state index contributed by atoms with van der Waals surface area (Å²) in [4.78, 5) is 4.19. The fraction of sp³-hybridized carbons (Fsp3) is 0.429. The van der Waals surface area contributed by atoms with E-state index in [4.69, 9.17) is 15.0 Å². The number of hydrogen-bond donors (Lipinski definition) is 1. The number of ether oxygens (including phenoxy) is 1.